The second kappa shape index (κ2) is 9.64. The first kappa shape index (κ1) is 22.2. The Morgan fingerprint density at radius 3 is 2.52 bits per heavy atom. The standard InChI is InChI=1S/C24H26N6O3/c1-15(2)22-28-24(33-29-22)18-7-10-21(25-12-18)30-13-20(27-14-30)23(31)26-11-17-5-8-19(9-6-17)32-16(3)4/h5-10,12-16H,11H2,1-4H3,(H,26,31). The number of imidazole rings is 1. The Morgan fingerprint density at radius 2 is 1.88 bits per heavy atom. The SMILES string of the molecule is CC(C)Oc1ccc(CNC(=O)c2cn(-c3ccc(-c4nc(C(C)C)no4)cn3)cn2)cc1. The van der Waals surface area contributed by atoms with Crippen molar-refractivity contribution in [1.82, 2.24) is 30.0 Å². The molecule has 3 heterocycles. The van der Waals surface area contributed by atoms with E-state index in [2.05, 4.69) is 25.4 Å². The van der Waals surface area contributed by atoms with Crippen LogP contribution in [-0.2, 0) is 6.54 Å². The van der Waals surface area contributed by atoms with Crippen molar-refractivity contribution in [3.8, 4) is 23.0 Å². The van der Waals surface area contributed by atoms with Crippen LogP contribution in [0.5, 0.6) is 5.75 Å². The lowest BCUT2D eigenvalue weighted by Gasteiger charge is -2.10. The number of benzene rings is 1. The zero-order valence-corrected chi connectivity index (χ0v) is 19.0. The highest BCUT2D eigenvalue weighted by Crippen LogP contribution is 2.20. The van der Waals surface area contributed by atoms with Crippen LogP contribution in [-0.4, -0.2) is 36.7 Å². The molecule has 1 aromatic carbocycles. The maximum Gasteiger partial charge on any atom is 0.271 e. The number of amides is 1. The summed E-state index contributed by atoms with van der Waals surface area (Å²) in [6.07, 6.45) is 4.96. The maximum atomic E-state index is 12.5. The minimum absolute atomic E-state index is 0.118. The molecule has 0 fully saturated rings. The number of carbonyl (C=O) groups excluding carboxylic acids is 1. The third-order valence-corrected chi connectivity index (χ3v) is 4.78. The Morgan fingerprint density at radius 1 is 1.09 bits per heavy atom. The van der Waals surface area contributed by atoms with E-state index in [-0.39, 0.29) is 17.9 Å². The molecule has 0 radical (unpaired) electrons. The molecule has 0 bridgehead atoms. The summed E-state index contributed by atoms with van der Waals surface area (Å²) in [6, 6.07) is 11.3. The minimum atomic E-state index is -0.264. The van der Waals surface area contributed by atoms with Crippen LogP contribution in [0.1, 0.15) is 55.5 Å². The van der Waals surface area contributed by atoms with Crippen molar-refractivity contribution in [3.63, 3.8) is 0 Å². The maximum absolute atomic E-state index is 12.5. The molecule has 1 amide bonds. The Kier molecular flexibility index (Phi) is 6.48. The summed E-state index contributed by atoms with van der Waals surface area (Å²) in [5, 5.41) is 6.85. The summed E-state index contributed by atoms with van der Waals surface area (Å²) in [5.41, 5.74) is 2.00. The first-order chi connectivity index (χ1) is 15.9. The van der Waals surface area contributed by atoms with Crippen LogP contribution in [0.2, 0.25) is 0 Å². The van der Waals surface area contributed by atoms with E-state index in [9.17, 15) is 4.79 Å². The predicted molar refractivity (Wildman–Crippen MR) is 122 cm³/mol. The smallest absolute Gasteiger partial charge is 0.271 e. The van der Waals surface area contributed by atoms with Gasteiger partial charge in [0.15, 0.2) is 5.82 Å². The Hall–Kier alpha value is -4.01. The average Bonchev–Trinajstić information content (AvgIpc) is 3.49. The van der Waals surface area contributed by atoms with Gasteiger partial charge in [-0.25, -0.2) is 9.97 Å². The van der Waals surface area contributed by atoms with Gasteiger partial charge >= 0.3 is 0 Å². The highest BCUT2D eigenvalue weighted by Gasteiger charge is 2.13. The van der Waals surface area contributed by atoms with Crippen molar-refractivity contribution in [2.24, 2.45) is 0 Å². The topological polar surface area (TPSA) is 108 Å². The summed E-state index contributed by atoms with van der Waals surface area (Å²) in [7, 11) is 0. The molecule has 0 aliphatic rings. The molecular formula is C24H26N6O3. The lowest BCUT2D eigenvalue weighted by atomic mass is 10.2. The van der Waals surface area contributed by atoms with Crippen molar-refractivity contribution < 1.29 is 14.1 Å². The van der Waals surface area contributed by atoms with Gasteiger partial charge in [-0.1, -0.05) is 31.1 Å². The van der Waals surface area contributed by atoms with E-state index in [0.29, 0.717) is 29.8 Å². The third-order valence-electron chi connectivity index (χ3n) is 4.78. The van der Waals surface area contributed by atoms with E-state index in [1.165, 1.54) is 0 Å². The van der Waals surface area contributed by atoms with Crippen LogP contribution in [0, 0.1) is 0 Å². The number of aromatic nitrogens is 5. The van der Waals surface area contributed by atoms with Crippen molar-refractivity contribution in [2.75, 3.05) is 0 Å². The fourth-order valence-corrected chi connectivity index (χ4v) is 3.05. The zero-order chi connectivity index (χ0) is 23.4. The van der Waals surface area contributed by atoms with E-state index in [1.54, 1.807) is 29.4 Å². The number of ether oxygens (including phenoxy) is 1. The summed E-state index contributed by atoms with van der Waals surface area (Å²) in [5.74, 6) is 2.42. The molecule has 0 spiro atoms. The molecule has 0 aliphatic carbocycles. The molecule has 4 rings (SSSR count). The highest BCUT2D eigenvalue weighted by molar-refractivity contribution is 5.92. The first-order valence-electron chi connectivity index (χ1n) is 10.8. The Bertz CT molecular complexity index is 1210. The van der Waals surface area contributed by atoms with Crippen LogP contribution < -0.4 is 10.1 Å². The van der Waals surface area contributed by atoms with Gasteiger partial charge in [0.1, 0.15) is 23.6 Å². The number of pyridine rings is 1. The zero-order valence-electron chi connectivity index (χ0n) is 19.0. The summed E-state index contributed by atoms with van der Waals surface area (Å²) < 4.78 is 12.6. The molecule has 4 aromatic rings. The first-order valence-corrected chi connectivity index (χ1v) is 10.8. The molecule has 0 unspecified atom stereocenters. The lowest BCUT2D eigenvalue weighted by Crippen LogP contribution is -2.23. The molecule has 0 aliphatic heterocycles. The fraction of sp³-hybridized carbons (Fsp3) is 0.292. The van der Waals surface area contributed by atoms with Crippen LogP contribution in [0.15, 0.2) is 59.6 Å². The molecule has 3 aromatic heterocycles. The number of rotatable bonds is 8. The fourth-order valence-electron chi connectivity index (χ4n) is 3.05. The molecule has 0 atom stereocenters. The molecule has 0 saturated heterocycles. The van der Waals surface area contributed by atoms with Crippen LogP contribution in [0.3, 0.4) is 0 Å². The largest absolute Gasteiger partial charge is 0.491 e. The summed E-state index contributed by atoms with van der Waals surface area (Å²) in [6.45, 7) is 8.35. The number of carbonyl (C=O) groups is 1. The highest BCUT2D eigenvalue weighted by atomic mass is 16.5. The van der Waals surface area contributed by atoms with Crippen LogP contribution in [0.4, 0.5) is 0 Å². The second-order valence-electron chi connectivity index (χ2n) is 8.18. The quantitative estimate of drug-likeness (QED) is 0.433. The Balaban J connectivity index is 1.37. The van der Waals surface area contributed by atoms with Gasteiger partial charge in [-0.15, -0.1) is 0 Å². The van der Waals surface area contributed by atoms with Gasteiger partial charge in [0.2, 0.25) is 0 Å². The van der Waals surface area contributed by atoms with Gasteiger partial charge in [0.25, 0.3) is 11.8 Å². The molecule has 9 heteroatoms. The summed E-state index contributed by atoms with van der Waals surface area (Å²) in [4.78, 5) is 25.5. The van der Waals surface area contributed by atoms with Crippen LogP contribution >= 0.6 is 0 Å². The van der Waals surface area contributed by atoms with Gasteiger partial charge in [0.05, 0.1) is 11.7 Å². The van der Waals surface area contributed by atoms with Crippen molar-refractivity contribution in [1.29, 1.82) is 0 Å². The van der Waals surface area contributed by atoms with E-state index in [0.717, 1.165) is 16.9 Å². The second-order valence-corrected chi connectivity index (χ2v) is 8.18. The van der Waals surface area contributed by atoms with Gasteiger partial charge in [0, 0.05) is 24.9 Å². The third kappa shape index (κ3) is 5.43. The average molecular weight is 447 g/mol. The van der Waals surface area contributed by atoms with Crippen molar-refractivity contribution in [2.45, 2.75) is 46.3 Å². The molecule has 9 nitrogen and oxygen atoms in total. The number of nitrogens with one attached hydrogen (secondary N) is 1. The lowest BCUT2D eigenvalue weighted by molar-refractivity contribution is 0.0946. The normalized spacial score (nSPS) is 11.2. The molecule has 0 saturated carbocycles. The van der Waals surface area contributed by atoms with Crippen molar-refractivity contribution >= 4 is 5.91 Å². The van der Waals surface area contributed by atoms with Crippen molar-refractivity contribution in [3.05, 3.63) is 72.2 Å². The predicted octanol–water partition coefficient (Wildman–Crippen LogP) is 4.16. The van der Waals surface area contributed by atoms with Gasteiger partial charge in [-0.3, -0.25) is 9.36 Å². The Labute approximate surface area is 191 Å². The van der Waals surface area contributed by atoms with Gasteiger partial charge in [-0.2, -0.15) is 4.98 Å². The molecular weight excluding hydrogens is 420 g/mol. The molecule has 170 valence electrons. The number of hydrogen-bond donors (Lipinski definition) is 1. The molecule has 1 N–H and O–H groups in total. The van der Waals surface area contributed by atoms with E-state index >= 15 is 0 Å². The van der Waals surface area contributed by atoms with Gasteiger partial charge in [-0.05, 0) is 43.7 Å². The molecule has 33 heavy (non-hydrogen) atoms. The van der Waals surface area contributed by atoms with E-state index in [4.69, 9.17) is 9.26 Å². The van der Waals surface area contributed by atoms with E-state index < -0.39 is 0 Å². The van der Waals surface area contributed by atoms with Gasteiger partial charge < -0.3 is 14.6 Å². The summed E-state index contributed by atoms with van der Waals surface area (Å²) >= 11 is 0. The van der Waals surface area contributed by atoms with E-state index in [1.807, 2.05) is 58.0 Å². The number of nitrogens with zero attached hydrogens (tertiary/aromatic N) is 5. The number of hydrogen-bond acceptors (Lipinski definition) is 7. The monoisotopic (exact) mass is 446 g/mol. The van der Waals surface area contributed by atoms with Crippen LogP contribution in [0.25, 0.3) is 17.3 Å². The minimum Gasteiger partial charge on any atom is -0.491 e.